The highest BCUT2D eigenvalue weighted by atomic mass is 32.2. The van der Waals surface area contributed by atoms with Crippen molar-refractivity contribution >= 4 is 15.8 Å². The highest BCUT2D eigenvalue weighted by Gasteiger charge is 2.28. The van der Waals surface area contributed by atoms with Gasteiger partial charge in [-0.2, -0.15) is 0 Å². The second-order valence-corrected chi connectivity index (χ2v) is 6.24. The molecule has 6 nitrogen and oxygen atoms in total. The van der Waals surface area contributed by atoms with E-state index in [1.807, 2.05) is 4.90 Å². The van der Waals surface area contributed by atoms with Crippen molar-refractivity contribution in [2.24, 2.45) is 0 Å². The zero-order valence-electron chi connectivity index (χ0n) is 9.26. The number of carbonyl (C=O) groups is 1. The lowest BCUT2D eigenvalue weighted by atomic mass is 10.4. The van der Waals surface area contributed by atoms with Crippen LogP contribution >= 0.6 is 0 Å². The predicted molar refractivity (Wildman–Crippen MR) is 58.1 cm³/mol. The number of hydrogen-bond donors (Lipinski definition) is 1. The van der Waals surface area contributed by atoms with Gasteiger partial charge in [0.15, 0.2) is 15.1 Å². The molecule has 1 aliphatic heterocycles. The van der Waals surface area contributed by atoms with Gasteiger partial charge in [-0.25, -0.2) is 8.42 Å². The lowest BCUT2D eigenvalue weighted by Crippen LogP contribution is -2.41. The van der Waals surface area contributed by atoms with Crippen LogP contribution in [0.5, 0.6) is 0 Å². The van der Waals surface area contributed by atoms with Crippen LogP contribution in [0.15, 0.2) is 0 Å². The fourth-order valence-electron chi connectivity index (χ4n) is 1.41. The largest absolute Gasteiger partial charge is 0.480 e. The molecule has 0 saturated carbocycles. The van der Waals surface area contributed by atoms with Crippen LogP contribution in [-0.2, 0) is 19.4 Å². The third-order valence-corrected chi connectivity index (χ3v) is 4.71. The first-order chi connectivity index (χ1) is 7.43. The average molecular weight is 251 g/mol. The van der Waals surface area contributed by atoms with Gasteiger partial charge < -0.3 is 9.84 Å². The molecule has 7 heteroatoms. The van der Waals surface area contributed by atoms with Crippen molar-refractivity contribution in [1.29, 1.82) is 0 Å². The maximum atomic E-state index is 11.6. The Morgan fingerprint density at radius 1 is 1.44 bits per heavy atom. The number of rotatable bonds is 5. The van der Waals surface area contributed by atoms with Gasteiger partial charge in [-0.3, -0.25) is 9.69 Å². The van der Waals surface area contributed by atoms with Crippen molar-refractivity contribution in [3.05, 3.63) is 0 Å². The van der Waals surface area contributed by atoms with Gasteiger partial charge >= 0.3 is 5.97 Å². The summed E-state index contributed by atoms with van der Waals surface area (Å²) < 4.78 is 28.3. The van der Waals surface area contributed by atoms with Crippen molar-refractivity contribution in [3.8, 4) is 0 Å². The van der Waals surface area contributed by atoms with E-state index in [0.29, 0.717) is 32.8 Å². The monoisotopic (exact) mass is 251 g/mol. The molecular weight excluding hydrogens is 234 g/mol. The Labute approximate surface area is 95.1 Å². The molecule has 0 radical (unpaired) electrons. The third kappa shape index (κ3) is 3.73. The number of carboxylic acids is 1. The number of aliphatic carboxylic acids is 1. The maximum Gasteiger partial charge on any atom is 0.321 e. The van der Waals surface area contributed by atoms with Gasteiger partial charge in [-0.1, -0.05) is 0 Å². The summed E-state index contributed by atoms with van der Waals surface area (Å²) in [5, 5.41) is 7.32. The van der Waals surface area contributed by atoms with Crippen LogP contribution in [0.1, 0.15) is 6.92 Å². The fourth-order valence-corrected chi connectivity index (χ4v) is 2.58. The zero-order valence-corrected chi connectivity index (χ0v) is 10.1. The Morgan fingerprint density at radius 3 is 2.50 bits per heavy atom. The maximum absolute atomic E-state index is 11.6. The average Bonchev–Trinajstić information content (AvgIpc) is 2.27. The minimum atomic E-state index is -3.54. The molecule has 0 aromatic rings. The van der Waals surface area contributed by atoms with Crippen molar-refractivity contribution < 1.29 is 23.1 Å². The van der Waals surface area contributed by atoms with E-state index in [1.165, 1.54) is 6.92 Å². The molecule has 1 unspecified atom stereocenters. The van der Waals surface area contributed by atoms with Gasteiger partial charge in [-0.15, -0.1) is 0 Å². The van der Waals surface area contributed by atoms with Crippen molar-refractivity contribution in [2.75, 3.05) is 38.6 Å². The standard InChI is InChI=1S/C9H17NO5S/c1-8(9(11)12)16(13,14)7-4-10-2-5-15-6-3-10/h8H,2-7H2,1H3,(H,11,12). The van der Waals surface area contributed by atoms with E-state index in [-0.39, 0.29) is 5.75 Å². The number of carboxylic acid groups (broad SMARTS) is 1. The van der Waals surface area contributed by atoms with Crippen LogP contribution in [0.3, 0.4) is 0 Å². The number of sulfone groups is 1. The summed E-state index contributed by atoms with van der Waals surface area (Å²) in [6, 6.07) is 0. The van der Waals surface area contributed by atoms with Gasteiger partial charge in [0.05, 0.1) is 19.0 Å². The van der Waals surface area contributed by atoms with Crippen LogP contribution in [0.4, 0.5) is 0 Å². The van der Waals surface area contributed by atoms with E-state index in [2.05, 4.69) is 0 Å². The second kappa shape index (κ2) is 5.60. The van der Waals surface area contributed by atoms with Crippen LogP contribution in [0, 0.1) is 0 Å². The number of nitrogens with zero attached hydrogens (tertiary/aromatic N) is 1. The highest BCUT2D eigenvalue weighted by Crippen LogP contribution is 2.04. The van der Waals surface area contributed by atoms with E-state index in [9.17, 15) is 13.2 Å². The molecule has 0 bridgehead atoms. The molecule has 1 heterocycles. The molecule has 16 heavy (non-hydrogen) atoms. The summed E-state index contributed by atoms with van der Waals surface area (Å²) in [5.41, 5.74) is 0. The molecule has 1 N–H and O–H groups in total. The zero-order chi connectivity index (χ0) is 12.2. The normalized spacial score (nSPS) is 20.6. The Kier molecular flexibility index (Phi) is 4.69. The molecule has 1 aliphatic rings. The summed E-state index contributed by atoms with van der Waals surface area (Å²) in [4.78, 5) is 12.6. The van der Waals surface area contributed by atoms with Crippen molar-refractivity contribution in [2.45, 2.75) is 12.2 Å². The van der Waals surface area contributed by atoms with Gasteiger partial charge in [0, 0.05) is 19.6 Å². The van der Waals surface area contributed by atoms with Crippen LogP contribution in [0.25, 0.3) is 0 Å². The van der Waals surface area contributed by atoms with Gasteiger partial charge in [0.1, 0.15) is 0 Å². The SMILES string of the molecule is CC(C(=O)O)S(=O)(=O)CCN1CCOCC1. The molecule has 1 saturated heterocycles. The quantitative estimate of drug-likeness (QED) is 0.689. The Balaban J connectivity index is 2.44. The number of hydrogen-bond acceptors (Lipinski definition) is 5. The van der Waals surface area contributed by atoms with Crippen molar-refractivity contribution in [3.63, 3.8) is 0 Å². The van der Waals surface area contributed by atoms with Gasteiger partial charge in [0.2, 0.25) is 0 Å². The minimum Gasteiger partial charge on any atom is -0.480 e. The van der Waals surface area contributed by atoms with Gasteiger partial charge in [-0.05, 0) is 6.92 Å². The summed E-state index contributed by atoms with van der Waals surface area (Å²) in [6.45, 7) is 4.21. The van der Waals surface area contributed by atoms with E-state index in [1.54, 1.807) is 0 Å². The van der Waals surface area contributed by atoms with Crippen LogP contribution in [-0.4, -0.2) is 68.2 Å². The first-order valence-corrected chi connectivity index (χ1v) is 6.89. The number of ether oxygens (including phenoxy) is 1. The van der Waals surface area contributed by atoms with E-state index < -0.39 is 21.1 Å². The summed E-state index contributed by atoms with van der Waals surface area (Å²) in [5.74, 6) is -1.40. The van der Waals surface area contributed by atoms with Crippen molar-refractivity contribution in [1.82, 2.24) is 4.90 Å². The highest BCUT2D eigenvalue weighted by molar-refractivity contribution is 7.92. The Morgan fingerprint density at radius 2 is 2.00 bits per heavy atom. The first kappa shape index (κ1) is 13.4. The van der Waals surface area contributed by atoms with E-state index >= 15 is 0 Å². The molecule has 1 rings (SSSR count). The summed E-state index contributed by atoms with van der Waals surface area (Å²) in [6.07, 6.45) is 0. The molecule has 94 valence electrons. The first-order valence-electron chi connectivity index (χ1n) is 5.18. The van der Waals surface area contributed by atoms with Crippen LogP contribution in [0.2, 0.25) is 0 Å². The summed E-state index contributed by atoms with van der Waals surface area (Å²) >= 11 is 0. The molecule has 0 aromatic carbocycles. The second-order valence-electron chi connectivity index (χ2n) is 3.80. The minimum absolute atomic E-state index is 0.111. The van der Waals surface area contributed by atoms with Gasteiger partial charge in [0.25, 0.3) is 0 Å². The lowest BCUT2D eigenvalue weighted by Gasteiger charge is -2.26. The molecule has 0 aliphatic carbocycles. The molecule has 0 aromatic heterocycles. The number of morpholine rings is 1. The smallest absolute Gasteiger partial charge is 0.321 e. The molecular formula is C9H17NO5S. The van der Waals surface area contributed by atoms with Crippen LogP contribution < -0.4 is 0 Å². The molecule has 0 amide bonds. The molecule has 0 spiro atoms. The van der Waals surface area contributed by atoms with E-state index in [4.69, 9.17) is 9.84 Å². The summed E-state index contributed by atoms with van der Waals surface area (Å²) in [7, 11) is -3.54. The van der Waals surface area contributed by atoms with E-state index in [0.717, 1.165) is 0 Å². The Bertz CT molecular complexity index is 334. The predicted octanol–water partition coefficient (Wildman–Crippen LogP) is -0.793. The lowest BCUT2D eigenvalue weighted by molar-refractivity contribution is -0.136. The third-order valence-electron chi connectivity index (χ3n) is 2.68. The topological polar surface area (TPSA) is 83.9 Å². The fraction of sp³-hybridized carbons (Fsp3) is 0.889. The molecule has 1 atom stereocenters. The molecule has 1 fully saturated rings. The Hall–Kier alpha value is -0.660.